The fourth-order valence-electron chi connectivity index (χ4n) is 2.28. The molecule has 2 rings (SSSR count). The lowest BCUT2D eigenvalue weighted by Gasteiger charge is -2.15. The maximum absolute atomic E-state index is 13.7. The van der Waals surface area contributed by atoms with Crippen molar-refractivity contribution >= 4 is 15.7 Å². The first-order chi connectivity index (χ1) is 9.57. The molecule has 1 aliphatic carbocycles. The molecule has 0 aliphatic heterocycles. The van der Waals surface area contributed by atoms with E-state index in [4.69, 9.17) is 0 Å². The number of rotatable bonds is 5. The lowest BCUT2D eigenvalue weighted by molar-refractivity contribution is -0.388. The van der Waals surface area contributed by atoms with Gasteiger partial charge in [0.05, 0.1) is 15.4 Å². The molecule has 1 N–H and O–H groups in total. The Balaban J connectivity index is 2.47. The van der Waals surface area contributed by atoms with Crippen molar-refractivity contribution in [1.29, 1.82) is 0 Å². The molecule has 8 heteroatoms. The van der Waals surface area contributed by atoms with Crippen LogP contribution in [0.4, 0.5) is 10.1 Å². The van der Waals surface area contributed by atoms with E-state index in [1.165, 1.54) is 13.8 Å². The van der Waals surface area contributed by atoms with Crippen molar-refractivity contribution < 1.29 is 17.7 Å². The number of halogens is 1. The van der Waals surface area contributed by atoms with E-state index in [2.05, 4.69) is 4.72 Å². The van der Waals surface area contributed by atoms with Gasteiger partial charge in [0.2, 0.25) is 15.8 Å². The summed E-state index contributed by atoms with van der Waals surface area (Å²) >= 11 is 0. The Morgan fingerprint density at radius 1 is 1.43 bits per heavy atom. The second-order valence-corrected chi connectivity index (χ2v) is 7.57. The molecule has 0 heterocycles. The third kappa shape index (κ3) is 3.06. The van der Waals surface area contributed by atoms with Crippen LogP contribution >= 0.6 is 0 Å². The number of nitrogens with one attached hydrogen (secondary N) is 1. The minimum absolute atomic E-state index is 0.0408. The molecule has 0 atom stereocenters. The maximum atomic E-state index is 13.7. The van der Waals surface area contributed by atoms with E-state index in [0.29, 0.717) is 0 Å². The maximum Gasteiger partial charge on any atom is 0.309 e. The van der Waals surface area contributed by atoms with Crippen LogP contribution in [0.15, 0.2) is 11.0 Å². The largest absolute Gasteiger partial charge is 0.309 e. The number of nitro groups is 1. The molecule has 0 radical (unpaired) electrons. The summed E-state index contributed by atoms with van der Waals surface area (Å²) in [6.45, 7) is 4.91. The fraction of sp³-hybridized carbons (Fsp3) is 0.538. The van der Waals surface area contributed by atoms with Crippen molar-refractivity contribution in [1.82, 2.24) is 4.72 Å². The smallest absolute Gasteiger partial charge is 0.258 e. The molecular formula is C13H17FN2O4S. The lowest BCUT2D eigenvalue weighted by atomic mass is 10.1. The van der Waals surface area contributed by atoms with Crippen molar-refractivity contribution in [2.75, 3.05) is 6.54 Å². The first-order valence-electron chi connectivity index (χ1n) is 6.51. The summed E-state index contributed by atoms with van der Waals surface area (Å²) in [5.74, 6) is -1.02. The Kier molecular flexibility index (Phi) is 3.79. The zero-order valence-electron chi connectivity index (χ0n) is 12.1. The molecule has 0 spiro atoms. The molecule has 1 aromatic carbocycles. The SMILES string of the molecule is Cc1cc(F)c([N+](=O)[O-])c(C)c1S(=O)(=O)NCC1(C)CC1. The van der Waals surface area contributed by atoms with E-state index < -0.39 is 26.5 Å². The van der Waals surface area contributed by atoms with Gasteiger partial charge in [0.15, 0.2) is 0 Å². The monoisotopic (exact) mass is 316 g/mol. The highest BCUT2D eigenvalue weighted by Gasteiger charge is 2.39. The molecule has 116 valence electrons. The molecule has 1 aromatic rings. The minimum atomic E-state index is -3.91. The highest BCUT2D eigenvalue weighted by atomic mass is 32.2. The van der Waals surface area contributed by atoms with Crippen molar-refractivity contribution in [3.8, 4) is 0 Å². The molecule has 21 heavy (non-hydrogen) atoms. The van der Waals surface area contributed by atoms with E-state index in [1.54, 1.807) is 0 Å². The molecule has 1 aliphatic rings. The molecule has 0 aromatic heterocycles. The molecule has 0 unspecified atom stereocenters. The molecule has 1 saturated carbocycles. The van der Waals surface area contributed by atoms with E-state index in [1.807, 2.05) is 6.92 Å². The third-order valence-electron chi connectivity index (χ3n) is 3.87. The number of nitrogens with zero attached hydrogens (tertiary/aromatic N) is 1. The van der Waals surface area contributed by atoms with Crippen molar-refractivity contribution in [3.05, 3.63) is 33.1 Å². The number of benzene rings is 1. The van der Waals surface area contributed by atoms with Crippen molar-refractivity contribution in [3.63, 3.8) is 0 Å². The quantitative estimate of drug-likeness (QED) is 0.667. The van der Waals surface area contributed by atoms with Crippen molar-refractivity contribution in [2.45, 2.75) is 38.5 Å². The Hall–Kier alpha value is -1.54. The van der Waals surface area contributed by atoms with Gasteiger partial charge in [0.25, 0.3) is 0 Å². The zero-order chi connectivity index (χ0) is 16.0. The molecule has 0 bridgehead atoms. The zero-order valence-corrected chi connectivity index (χ0v) is 12.9. The Morgan fingerprint density at radius 3 is 2.48 bits per heavy atom. The van der Waals surface area contributed by atoms with Crippen LogP contribution < -0.4 is 4.72 Å². The van der Waals surface area contributed by atoms with Crippen LogP contribution in [0.25, 0.3) is 0 Å². The molecular weight excluding hydrogens is 299 g/mol. The van der Waals surface area contributed by atoms with E-state index in [0.717, 1.165) is 18.9 Å². The standard InChI is InChI=1S/C13H17FN2O4S/c1-8-6-10(14)11(16(17)18)9(2)12(8)21(19,20)15-7-13(3)4-5-13/h6,15H,4-5,7H2,1-3H3. The average Bonchev–Trinajstić information content (AvgIpc) is 3.04. The predicted molar refractivity (Wildman–Crippen MR) is 75.1 cm³/mol. The van der Waals surface area contributed by atoms with Crippen LogP contribution in [0, 0.1) is 35.2 Å². The van der Waals surface area contributed by atoms with Gasteiger partial charge in [-0.15, -0.1) is 0 Å². The van der Waals surface area contributed by atoms with E-state index in [9.17, 15) is 22.9 Å². The van der Waals surface area contributed by atoms with Gasteiger partial charge in [-0.3, -0.25) is 10.1 Å². The van der Waals surface area contributed by atoms with Crippen molar-refractivity contribution in [2.24, 2.45) is 5.41 Å². The van der Waals surface area contributed by atoms with Gasteiger partial charge < -0.3 is 0 Å². The van der Waals surface area contributed by atoms with E-state index >= 15 is 0 Å². The van der Waals surface area contributed by atoms with Crippen LogP contribution in [-0.2, 0) is 10.0 Å². The number of nitro benzene ring substituents is 1. The summed E-state index contributed by atoms with van der Waals surface area (Å²) in [4.78, 5) is 9.80. The summed E-state index contributed by atoms with van der Waals surface area (Å²) in [5, 5.41) is 10.9. The van der Waals surface area contributed by atoms with Crippen LogP contribution in [0.5, 0.6) is 0 Å². The molecule has 0 amide bonds. The summed E-state index contributed by atoms with van der Waals surface area (Å²) < 4.78 is 40.9. The van der Waals surface area contributed by atoms with Crippen LogP contribution in [0.2, 0.25) is 0 Å². The molecule has 0 saturated heterocycles. The predicted octanol–water partition coefficient (Wildman–Crippen LogP) is 2.43. The van der Waals surface area contributed by atoms with Gasteiger partial charge in [0.1, 0.15) is 0 Å². The van der Waals surface area contributed by atoms with Crippen LogP contribution in [0.3, 0.4) is 0 Å². The van der Waals surface area contributed by atoms with Gasteiger partial charge in [-0.2, -0.15) is 4.39 Å². The first kappa shape index (κ1) is 15.8. The van der Waals surface area contributed by atoms with Crippen LogP contribution in [0.1, 0.15) is 30.9 Å². The van der Waals surface area contributed by atoms with Crippen LogP contribution in [-0.4, -0.2) is 19.9 Å². The Bertz CT molecular complexity index is 711. The number of hydrogen-bond donors (Lipinski definition) is 1. The normalized spacial score (nSPS) is 16.8. The van der Waals surface area contributed by atoms with Gasteiger partial charge in [-0.1, -0.05) is 6.92 Å². The second kappa shape index (κ2) is 5.03. The summed E-state index contributed by atoms with van der Waals surface area (Å²) in [6.07, 6.45) is 1.88. The average molecular weight is 316 g/mol. The number of hydrogen-bond acceptors (Lipinski definition) is 4. The molecule has 6 nitrogen and oxygen atoms in total. The van der Waals surface area contributed by atoms with Gasteiger partial charge in [0, 0.05) is 6.54 Å². The topological polar surface area (TPSA) is 89.3 Å². The lowest BCUT2D eigenvalue weighted by Crippen LogP contribution is -2.30. The van der Waals surface area contributed by atoms with Gasteiger partial charge in [-0.05, 0) is 43.7 Å². The first-order valence-corrected chi connectivity index (χ1v) is 7.99. The summed E-state index contributed by atoms with van der Waals surface area (Å²) in [5.41, 5.74) is -0.852. The Morgan fingerprint density at radius 2 is 2.00 bits per heavy atom. The summed E-state index contributed by atoms with van der Waals surface area (Å²) in [7, 11) is -3.91. The molecule has 1 fully saturated rings. The number of aryl methyl sites for hydroxylation is 1. The Labute approximate surface area is 122 Å². The van der Waals surface area contributed by atoms with Gasteiger partial charge in [-0.25, -0.2) is 13.1 Å². The highest BCUT2D eigenvalue weighted by Crippen LogP contribution is 2.44. The number of sulfonamides is 1. The fourth-order valence-corrected chi connectivity index (χ4v) is 3.94. The second-order valence-electron chi connectivity index (χ2n) is 5.87. The third-order valence-corrected chi connectivity index (χ3v) is 5.56. The van der Waals surface area contributed by atoms with Gasteiger partial charge >= 0.3 is 5.69 Å². The minimum Gasteiger partial charge on any atom is -0.258 e. The highest BCUT2D eigenvalue weighted by molar-refractivity contribution is 7.89. The summed E-state index contributed by atoms with van der Waals surface area (Å²) in [6, 6.07) is 0.887. The van der Waals surface area contributed by atoms with E-state index in [-0.39, 0.29) is 28.0 Å².